The van der Waals surface area contributed by atoms with Gasteiger partial charge in [0.25, 0.3) is 0 Å². The molecule has 1 aliphatic carbocycles. The second-order valence-corrected chi connectivity index (χ2v) is 6.12. The molecule has 0 amide bonds. The summed E-state index contributed by atoms with van der Waals surface area (Å²) in [6, 6.07) is 0.744. The summed E-state index contributed by atoms with van der Waals surface area (Å²) in [4.78, 5) is 0. The van der Waals surface area contributed by atoms with Gasteiger partial charge in [-0.15, -0.1) is 0 Å². The van der Waals surface area contributed by atoms with Crippen molar-refractivity contribution in [1.29, 1.82) is 0 Å². The lowest BCUT2D eigenvalue weighted by Gasteiger charge is -2.37. The van der Waals surface area contributed by atoms with E-state index in [1.54, 1.807) is 0 Å². The highest BCUT2D eigenvalue weighted by molar-refractivity contribution is 7.99. The zero-order chi connectivity index (χ0) is 10.6. The zero-order valence-corrected chi connectivity index (χ0v) is 10.9. The lowest BCUT2D eigenvalue weighted by molar-refractivity contribution is 0.280. The Balaban J connectivity index is 2.48. The van der Waals surface area contributed by atoms with Crippen LogP contribution in [0.3, 0.4) is 0 Å². The number of rotatable bonds is 4. The van der Waals surface area contributed by atoms with Crippen LogP contribution in [-0.4, -0.2) is 23.1 Å². The number of hydrogen-bond donors (Lipinski definition) is 1. The van der Waals surface area contributed by atoms with Crippen molar-refractivity contribution in [2.45, 2.75) is 69.7 Å². The van der Waals surface area contributed by atoms with Crippen molar-refractivity contribution in [3.8, 4) is 0 Å². The quantitative estimate of drug-likeness (QED) is 0.771. The highest BCUT2D eigenvalue weighted by Crippen LogP contribution is 2.28. The van der Waals surface area contributed by atoms with Gasteiger partial charge in [-0.2, -0.15) is 11.8 Å². The first-order valence-electron chi connectivity index (χ1n) is 5.89. The number of nitrogens with one attached hydrogen (secondary N) is 1. The van der Waals surface area contributed by atoms with Crippen LogP contribution in [0.1, 0.15) is 52.9 Å². The molecule has 0 heterocycles. The van der Waals surface area contributed by atoms with Gasteiger partial charge in [0.05, 0.1) is 0 Å². The van der Waals surface area contributed by atoms with Gasteiger partial charge in [0.2, 0.25) is 0 Å². The fourth-order valence-corrected chi connectivity index (χ4v) is 3.08. The molecule has 0 bridgehead atoms. The van der Waals surface area contributed by atoms with E-state index in [2.05, 4.69) is 32.3 Å². The van der Waals surface area contributed by atoms with E-state index in [4.69, 9.17) is 0 Å². The number of hydrogen-bond acceptors (Lipinski definition) is 2. The Morgan fingerprint density at radius 3 is 2.50 bits per heavy atom. The van der Waals surface area contributed by atoms with Crippen LogP contribution in [0.4, 0.5) is 0 Å². The third-order valence-electron chi connectivity index (χ3n) is 3.47. The Labute approximate surface area is 93.4 Å². The molecule has 1 nitrogen and oxygen atoms in total. The van der Waals surface area contributed by atoms with E-state index in [-0.39, 0.29) is 0 Å². The summed E-state index contributed by atoms with van der Waals surface area (Å²) in [5.41, 5.74) is 0.315. The smallest absolute Gasteiger partial charge is 0.0198 e. The van der Waals surface area contributed by atoms with Gasteiger partial charge in [0, 0.05) is 16.8 Å². The Bertz CT molecular complexity index is 168. The minimum absolute atomic E-state index is 0.315. The molecule has 1 N–H and O–H groups in total. The summed E-state index contributed by atoms with van der Waals surface area (Å²) < 4.78 is 0. The van der Waals surface area contributed by atoms with E-state index in [1.165, 1.54) is 32.1 Å². The highest BCUT2D eigenvalue weighted by Gasteiger charge is 2.28. The van der Waals surface area contributed by atoms with Crippen LogP contribution >= 0.6 is 11.8 Å². The molecule has 0 aromatic heterocycles. The molecule has 14 heavy (non-hydrogen) atoms. The summed E-state index contributed by atoms with van der Waals surface area (Å²) in [6.45, 7) is 6.90. The third-order valence-corrected chi connectivity index (χ3v) is 4.64. The van der Waals surface area contributed by atoms with Gasteiger partial charge in [-0.25, -0.2) is 0 Å². The monoisotopic (exact) mass is 215 g/mol. The van der Waals surface area contributed by atoms with E-state index < -0.39 is 0 Å². The van der Waals surface area contributed by atoms with Crippen LogP contribution in [0.2, 0.25) is 0 Å². The summed E-state index contributed by atoms with van der Waals surface area (Å²) in [5.74, 6) is 0. The molecule has 0 aromatic rings. The van der Waals surface area contributed by atoms with Gasteiger partial charge in [-0.3, -0.25) is 0 Å². The Morgan fingerprint density at radius 1 is 1.29 bits per heavy atom. The molecule has 0 saturated heterocycles. The van der Waals surface area contributed by atoms with Crippen molar-refractivity contribution in [3.63, 3.8) is 0 Å². The maximum atomic E-state index is 3.83. The second-order valence-electron chi connectivity index (χ2n) is 5.05. The lowest BCUT2D eigenvalue weighted by Crippen LogP contribution is -2.50. The first-order chi connectivity index (χ1) is 6.59. The Hall–Kier alpha value is 0.310. The molecule has 1 rings (SSSR count). The van der Waals surface area contributed by atoms with Gasteiger partial charge in [-0.05, 0) is 39.4 Å². The van der Waals surface area contributed by atoms with Crippen molar-refractivity contribution >= 4 is 11.8 Å². The molecule has 1 aliphatic rings. The van der Waals surface area contributed by atoms with E-state index in [1.807, 2.05) is 11.8 Å². The van der Waals surface area contributed by atoms with Crippen molar-refractivity contribution in [2.75, 3.05) is 6.26 Å². The van der Waals surface area contributed by atoms with E-state index >= 15 is 0 Å². The Kier molecular flexibility index (Phi) is 4.78. The number of thioether (sulfide) groups is 1. The van der Waals surface area contributed by atoms with Crippen LogP contribution in [0, 0.1) is 0 Å². The summed E-state index contributed by atoms with van der Waals surface area (Å²) in [5, 5.41) is 4.67. The van der Waals surface area contributed by atoms with Crippen molar-refractivity contribution in [2.24, 2.45) is 0 Å². The molecule has 2 heteroatoms. The molecule has 1 fully saturated rings. The standard InChI is InChI=1S/C12H25NS/c1-5-12(2,3)13-10-8-6-7-9-11(10)14-4/h10-11,13H,5-9H2,1-4H3. The molecule has 84 valence electrons. The van der Waals surface area contributed by atoms with Crippen LogP contribution in [0.15, 0.2) is 0 Å². The van der Waals surface area contributed by atoms with Crippen molar-refractivity contribution in [1.82, 2.24) is 5.32 Å². The molecular formula is C12H25NS. The fourth-order valence-electron chi connectivity index (χ4n) is 2.15. The maximum Gasteiger partial charge on any atom is 0.0198 e. The first kappa shape index (κ1) is 12.4. The predicted octanol–water partition coefficient (Wildman–Crippen LogP) is 3.44. The summed E-state index contributed by atoms with van der Waals surface area (Å²) in [6.07, 6.45) is 9.08. The van der Waals surface area contributed by atoms with Gasteiger partial charge < -0.3 is 5.32 Å². The van der Waals surface area contributed by atoms with Gasteiger partial charge in [0.15, 0.2) is 0 Å². The summed E-state index contributed by atoms with van der Waals surface area (Å²) >= 11 is 2.04. The van der Waals surface area contributed by atoms with Gasteiger partial charge in [0.1, 0.15) is 0 Å². The average molecular weight is 215 g/mol. The van der Waals surface area contributed by atoms with Crippen LogP contribution in [0.5, 0.6) is 0 Å². The topological polar surface area (TPSA) is 12.0 Å². The van der Waals surface area contributed by atoms with Crippen LogP contribution in [0.25, 0.3) is 0 Å². The molecule has 0 aromatic carbocycles. The van der Waals surface area contributed by atoms with E-state index in [9.17, 15) is 0 Å². The Morgan fingerprint density at radius 2 is 1.93 bits per heavy atom. The second kappa shape index (κ2) is 5.41. The highest BCUT2D eigenvalue weighted by atomic mass is 32.2. The first-order valence-corrected chi connectivity index (χ1v) is 7.18. The molecule has 0 aliphatic heterocycles. The van der Waals surface area contributed by atoms with Gasteiger partial charge in [-0.1, -0.05) is 19.8 Å². The van der Waals surface area contributed by atoms with E-state index in [0.29, 0.717) is 5.54 Å². The molecule has 1 saturated carbocycles. The zero-order valence-electron chi connectivity index (χ0n) is 10.1. The minimum atomic E-state index is 0.315. The molecule has 2 atom stereocenters. The largest absolute Gasteiger partial charge is 0.308 e. The lowest BCUT2D eigenvalue weighted by atomic mass is 9.91. The van der Waals surface area contributed by atoms with Crippen LogP contribution in [-0.2, 0) is 0 Å². The van der Waals surface area contributed by atoms with E-state index in [0.717, 1.165) is 11.3 Å². The molecular weight excluding hydrogens is 190 g/mol. The molecule has 2 unspecified atom stereocenters. The average Bonchev–Trinajstić information content (AvgIpc) is 2.18. The minimum Gasteiger partial charge on any atom is -0.308 e. The maximum absolute atomic E-state index is 3.83. The molecule has 0 spiro atoms. The fraction of sp³-hybridized carbons (Fsp3) is 1.00. The SMILES string of the molecule is CCC(C)(C)NC1CCCCC1SC. The molecule has 0 radical (unpaired) electrons. The van der Waals surface area contributed by atoms with Gasteiger partial charge >= 0.3 is 0 Å². The van der Waals surface area contributed by atoms with Crippen LogP contribution < -0.4 is 5.32 Å². The third kappa shape index (κ3) is 3.47. The van der Waals surface area contributed by atoms with Crippen molar-refractivity contribution < 1.29 is 0 Å². The van der Waals surface area contributed by atoms with Crippen molar-refractivity contribution in [3.05, 3.63) is 0 Å². The normalized spacial score (nSPS) is 29.1. The summed E-state index contributed by atoms with van der Waals surface area (Å²) in [7, 11) is 0. The predicted molar refractivity (Wildman–Crippen MR) is 67.1 cm³/mol.